The minimum absolute atomic E-state index is 0.130. The number of nitrogens with zero attached hydrogens (tertiary/aromatic N) is 3. The molecule has 0 bridgehead atoms. The zero-order valence-corrected chi connectivity index (χ0v) is 17.3. The summed E-state index contributed by atoms with van der Waals surface area (Å²) < 4.78 is 0. The van der Waals surface area contributed by atoms with E-state index in [-0.39, 0.29) is 12.2 Å². The first-order chi connectivity index (χ1) is 14.3. The van der Waals surface area contributed by atoms with Crippen LogP contribution >= 0.6 is 0 Å². The lowest BCUT2D eigenvalue weighted by Gasteiger charge is -2.14. The fraction of sp³-hybridized carbons (Fsp3) is 0.167. The van der Waals surface area contributed by atoms with Gasteiger partial charge in [-0.3, -0.25) is 4.79 Å². The summed E-state index contributed by atoms with van der Waals surface area (Å²) in [5.74, 6) is 0.505. The van der Waals surface area contributed by atoms with Crippen LogP contribution in [0.15, 0.2) is 65.9 Å². The van der Waals surface area contributed by atoms with Crippen molar-refractivity contribution >= 4 is 23.0 Å². The van der Waals surface area contributed by atoms with Gasteiger partial charge in [-0.05, 0) is 74.4 Å². The molecular weight excluding hydrogens is 374 g/mol. The van der Waals surface area contributed by atoms with Crippen molar-refractivity contribution in [2.24, 2.45) is 4.99 Å². The van der Waals surface area contributed by atoms with Gasteiger partial charge in [-0.2, -0.15) is 10.5 Å². The molecule has 0 aliphatic rings. The Balaban J connectivity index is 2.01. The summed E-state index contributed by atoms with van der Waals surface area (Å²) in [6, 6.07) is 14.6. The van der Waals surface area contributed by atoms with Crippen LogP contribution in [-0.2, 0) is 0 Å². The number of benzene rings is 2. The van der Waals surface area contributed by atoms with Gasteiger partial charge in [0.05, 0.1) is 24.1 Å². The normalized spacial score (nSPS) is 10.9. The number of allylic oxidation sites excluding steroid dienone is 1. The molecule has 0 amide bonds. The zero-order chi connectivity index (χ0) is 22.1. The molecule has 2 aromatic carbocycles. The van der Waals surface area contributed by atoms with E-state index in [0.29, 0.717) is 22.7 Å². The van der Waals surface area contributed by atoms with E-state index in [0.717, 1.165) is 22.5 Å². The Labute approximate surface area is 176 Å². The second kappa shape index (κ2) is 10.4. The number of nitriles is 2. The van der Waals surface area contributed by atoms with Crippen molar-refractivity contribution in [3.05, 3.63) is 83.2 Å². The maximum atomic E-state index is 11.9. The number of hydrogen-bond donors (Lipinski definition) is 2. The van der Waals surface area contributed by atoms with Gasteiger partial charge in [0.15, 0.2) is 5.78 Å². The maximum absolute atomic E-state index is 11.9. The summed E-state index contributed by atoms with van der Waals surface area (Å²) in [5.41, 5.74) is 5.29. The van der Waals surface area contributed by atoms with Crippen LogP contribution in [0.2, 0.25) is 0 Å². The smallest absolute Gasteiger partial charge is 0.176 e. The van der Waals surface area contributed by atoms with Crippen molar-refractivity contribution < 1.29 is 4.79 Å². The summed E-state index contributed by atoms with van der Waals surface area (Å²) in [5, 5.41) is 23.9. The fourth-order valence-corrected chi connectivity index (χ4v) is 2.81. The Bertz CT molecular complexity index is 1070. The number of ketones is 1. The highest BCUT2D eigenvalue weighted by Crippen LogP contribution is 2.24. The van der Waals surface area contributed by atoms with Crippen LogP contribution in [0.25, 0.3) is 0 Å². The summed E-state index contributed by atoms with van der Waals surface area (Å²) in [6.07, 6.45) is 3.25. The molecule has 0 radical (unpaired) electrons. The third kappa shape index (κ3) is 6.19. The molecule has 2 N–H and O–H groups in total. The minimum atomic E-state index is -0.187. The Morgan fingerprint density at radius 3 is 2.33 bits per heavy atom. The van der Waals surface area contributed by atoms with E-state index in [1.807, 2.05) is 39.0 Å². The molecule has 6 nitrogen and oxygen atoms in total. The van der Waals surface area contributed by atoms with Gasteiger partial charge in [0.2, 0.25) is 0 Å². The molecule has 0 atom stereocenters. The molecule has 0 fully saturated rings. The van der Waals surface area contributed by atoms with Gasteiger partial charge >= 0.3 is 0 Å². The van der Waals surface area contributed by atoms with Crippen LogP contribution in [-0.4, -0.2) is 11.6 Å². The van der Waals surface area contributed by atoms with Crippen LogP contribution in [0.4, 0.5) is 11.4 Å². The van der Waals surface area contributed by atoms with Gasteiger partial charge in [-0.25, -0.2) is 4.99 Å². The third-order valence-corrected chi connectivity index (χ3v) is 4.26. The molecule has 6 heteroatoms. The Morgan fingerprint density at radius 2 is 1.77 bits per heavy atom. The molecule has 0 spiro atoms. The SMILES string of the molecule is C=C(/C=C\N=C(C)Nc1ccc(C#N)cc1)Nc1c(C)cc(C(=O)CC#N)cc1C. The van der Waals surface area contributed by atoms with Crippen molar-refractivity contribution in [1.29, 1.82) is 10.5 Å². The van der Waals surface area contributed by atoms with Gasteiger partial charge < -0.3 is 10.6 Å². The molecule has 0 unspecified atom stereocenters. The maximum Gasteiger partial charge on any atom is 0.176 e. The number of anilines is 2. The highest BCUT2D eigenvalue weighted by atomic mass is 16.1. The number of aliphatic imine (C=N–C) groups is 1. The molecule has 0 saturated heterocycles. The van der Waals surface area contributed by atoms with E-state index < -0.39 is 0 Å². The number of nitrogens with one attached hydrogen (secondary N) is 2. The lowest BCUT2D eigenvalue weighted by Crippen LogP contribution is -2.06. The highest BCUT2D eigenvalue weighted by Gasteiger charge is 2.10. The summed E-state index contributed by atoms with van der Waals surface area (Å²) in [7, 11) is 0. The minimum Gasteiger partial charge on any atom is -0.356 e. The average Bonchev–Trinajstić information content (AvgIpc) is 2.71. The van der Waals surface area contributed by atoms with Crippen molar-refractivity contribution in [2.75, 3.05) is 10.6 Å². The van der Waals surface area contributed by atoms with E-state index in [9.17, 15) is 4.79 Å². The molecule has 0 saturated carbocycles. The molecule has 2 rings (SSSR count). The van der Waals surface area contributed by atoms with Crippen LogP contribution in [0.5, 0.6) is 0 Å². The second-order valence-corrected chi connectivity index (χ2v) is 6.74. The van der Waals surface area contributed by atoms with Crippen LogP contribution < -0.4 is 10.6 Å². The van der Waals surface area contributed by atoms with Crippen molar-refractivity contribution in [1.82, 2.24) is 0 Å². The standard InChI is InChI=1S/C24H23N5O/c1-16-13-21(23(30)9-11-25)14-17(2)24(16)28-18(3)10-12-27-19(4)29-22-7-5-20(15-26)6-8-22/h5-8,10,12-14,28H,3,9H2,1-2,4H3,(H,27,29)/b12-10-. The monoisotopic (exact) mass is 397 g/mol. The number of rotatable bonds is 7. The molecule has 0 aliphatic heterocycles. The highest BCUT2D eigenvalue weighted by molar-refractivity contribution is 5.98. The van der Waals surface area contributed by atoms with E-state index in [4.69, 9.17) is 10.5 Å². The molecule has 2 aromatic rings. The number of hydrogen-bond acceptors (Lipinski definition) is 5. The Hall–Kier alpha value is -4.16. The molecular formula is C24H23N5O. The lowest BCUT2D eigenvalue weighted by atomic mass is 10.0. The number of carbonyl (C=O) groups excluding carboxylic acids is 1. The Kier molecular flexibility index (Phi) is 7.67. The predicted molar refractivity (Wildman–Crippen MR) is 120 cm³/mol. The average molecular weight is 397 g/mol. The van der Waals surface area contributed by atoms with Crippen LogP contribution in [0, 0.1) is 36.5 Å². The predicted octanol–water partition coefficient (Wildman–Crippen LogP) is 5.24. The number of carbonyl (C=O) groups is 1. The first kappa shape index (κ1) is 22.1. The lowest BCUT2D eigenvalue weighted by molar-refractivity contribution is 0.0997. The van der Waals surface area contributed by atoms with E-state index in [1.165, 1.54) is 0 Å². The van der Waals surface area contributed by atoms with Gasteiger partial charge in [-0.15, -0.1) is 0 Å². The quantitative estimate of drug-likeness (QED) is 0.288. The van der Waals surface area contributed by atoms with Gasteiger partial charge in [-0.1, -0.05) is 6.58 Å². The molecule has 30 heavy (non-hydrogen) atoms. The summed E-state index contributed by atoms with van der Waals surface area (Å²) in [6.45, 7) is 9.63. The van der Waals surface area contributed by atoms with Gasteiger partial charge in [0.1, 0.15) is 5.84 Å². The summed E-state index contributed by atoms with van der Waals surface area (Å²) in [4.78, 5) is 16.3. The third-order valence-electron chi connectivity index (χ3n) is 4.26. The molecule has 150 valence electrons. The first-order valence-corrected chi connectivity index (χ1v) is 9.29. The van der Waals surface area contributed by atoms with E-state index in [2.05, 4.69) is 28.3 Å². The van der Waals surface area contributed by atoms with Gasteiger partial charge in [0, 0.05) is 28.8 Å². The van der Waals surface area contributed by atoms with E-state index in [1.54, 1.807) is 36.5 Å². The molecule has 0 aromatic heterocycles. The number of amidine groups is 1. The van der Waals surface area contributed by atoms with Crippen LogP contribution in [0.1, 0.15) is 40.4 Å². The van der Waals surface area contributed by atoms with Crippen molar-refractivity contribution in [3.8, 4) is 12.1 Å². The largest absolute Gasteiger partial charge is 0.356 e. The zero-order valence-electron chi connectivity index (χ0n) is 17.3. The van der Waals surface area contributed by atoms with E-state index >= 15 is 0 Å². The van der Waals surface area contributed by atoms with Crippen molar-refractivity contribution in [3.63, 3.8) is 0 Å². The first-order valence-electron chi connectivity index (χ1n) is 9.29. The van der Waals surface area contributed by atoms with Crippen molar-refractivity contribution in [2.45, 2.75) is 27.2 Å². The Morgan fingerprint density at radius 1 is 1.13 bits per heavy atom. The fourth-order valence-electron chi connectivity index (χ4n) is 2.81. The van der Waals surface area contributed by atoms with Crippen LogP contribution in [0.3, 0.4) is 0 Å². The molecule has 0 heterocycles. The second-order valence-electron chi connectivity index (χ2n) is 6.74. The van der Waals surface area contributed by atoms with Gasteiger partial charge in [0.25, 0.3) is 0 Å². The number of Topliss-reactive ketones (excluding diaryl/α,β-unsaturated/α-hetero) is 1. The summed E-state index contributed by atoms with van der Waals surface area (Å²) >= 11 is 0. The molecule has 0 aliphatic carbocycles. The number of aryl methyl sites for hydroxylation is 2. The topological polar surface area (TPSA) is 101 Å².